The van der Waals surface area contributed by atoms with Crippen molar-refractivity contribution in [3.63, 3.8) is 0 Å². The molecule has 3 rings (SSSR count). The monoisotopic (exact) mass is 443 g/mol. The van der Waals surface area contributed by atoms with Crippen LogP contribution in [-0.4, -0.2) is 31.5 Å². The Kier molecular flexibility index (Phi) is 7.60. The van der Waals surface area contributed by atoms with E-state index in [0.717, 1.165) is 41.5 Å². The summed E-state index contributed by atoms with van der Waals surface area (Å²) < 4.78 is 5.53. The van der Waals surface area contributed by atoms with E-state index in [4.69, 9.17) is 34.8 Å². The van der Waals surface area contributed by atoms with Gasteiger partial charge >= 0.3 is 0 Å². The summed E-state index contributed by atoms with van der Waals surface area (Å²) in [7, 11) is 4.08. The molecule has 0 bridgehead atoms. The van der Waals surface area contributed by atoms with Crippen LogP contribution in [0.25, 0.3) is 0 Å². The van der Waals surface area contributed by atoms with Crippen molar-refractivity contribution in [1.29, 1.82) is 0 Å². The van der Waals surface area contributed by atoms with Crippen LogP contribution in [0, 0.1) is 5.92 Å². The van der Waals surface area contributed by atoms with E-state index >= 15 is 0 Å². The Labute approximate surface area is 181 Å². The lowest BCUT2D eigenvalue weighted by Gasteiger charge is -2.42. The van der Waals surface area contributed by atoms with Crippen LogP contribution in [0.15, 0.2) is 42.5 Å². The van der Waals surface area contributed by atoms with E-state index < -0.39 is 0 Å². The fraction of sp³-hybridized carbons (Fsp3) is 0.400. The number of hydrogen-bond acceptors (Lipinski definition) is 4. The Morgan fingerprint density at radius 1 is 1.04 bits per heavy atom. The molecule has 1 N–H and O–H groups in total. The molecule has 1 aliphatic rings. The van der Waals surface area contributed by atoms with Crippen molar-refractivity contribution in [2.24, 2.45) is 5.92 Å². The lowest BCUT2D eigenvalue weighted by atomic mass is 9.88. The van der Waals surface area contributed by atoms with E-state index in [2.05, 4.69) is 32.1 Å². The van der Waals surface area contributed by atoms with Crippen LogP contribution >= 0.6 is 46.9 Å². The van der Waals surface area contributed by atoms with Gasteiger partial charge in [-0.1, -0.05) is 40.9 Å². The Bertz CT molecular complexity index is 755. The minimum absolute atomic E-state index is 0.230. The summed E-state index contributed by atoms with van der Waals surface area (Å²) in [6.45, 7) is 1.93. The zero-order valence-corrected chi connectivity index (χ0v) is 18.5. The van der Waals surface area contributed by atoms with Crippen LogP contribution in [0.3, 0.4) is 0 Å². The van der Waals surface area contributed by atoms with Crippen molar-refractivity contribution in [2.75, 3.05) is 32.1 Å². The maximum atomic E-state index is 6.54. The molecule has 0 unspecified atom stereocenters. The molecule has 0 amide bonds. The molecule has 0 aliphatic carbocycles. The normalized spacial score (nSPS) is 20.3. The number of rotatable bonds is 6. The van der Waals surface area contributed by atoms with Gasteiger partial charge in [-0.2, -0.15) is 0 Å². The average molecular weight is 445 g/mol. The Balaban J connectivity index is 1.82. The molecular weight excluding hydrogens is 421 g/mol. The molecule has 7 heteroatoms. The van der Waals surface area contributed by atoms with Crippen molar-refractivity contribution in [2.45, 2.75) is 18.9 Å². The highest BCUT2D eigenvalue weighted by Crippen LogP contribution is 2.40. The van der Waals surface area contributed by atoms with Gasteiger partial charge in [-0.25, -0.2) is 4.31 Å². The Morgan fingerprint density at radius 2 is 1.74 bits per heavy atom. The predicted molar refractivity (Wildman–Crippen MR) is 120 cm³/mol. The van der Waals surface area contributed by atoms with E-state index in [1.54, 1.807) is 12.1 Å². The van der Waals surface area contributed by atoms with Crippen molar-refractivity contribution >= 4 is 52.6 Å². The first-order valence-electron chi connectivity index (χ1n) is 8.98. The van der Waals surface area contributed by atoms with Gasteiger partial charge in [-0.05, 0) is 74.8 Å². The van der Waals surface area contributed by atoms with Gasteiger partial charge in [0.2, 0.25) is 0 Å². The molecule has 27 heavy (non-hydrogen) atoms. The number of piperidine rings is 1. The molecule has 2 aromatic carbocycles. The topological polar surface area (TPSA) is 18.5 Å². The second-order valence-electron chi connectivity index (χ2n) is 7.01. The van der Waals surface area contributed by atoms with Crippen molar-refractivity contribution in [1.82, 2.24) is 9.03 Å². The summed E-state index contributed by atoms with van der Waals surface area (Å²) >= 11 is 20.4. The van der Waals surface area contributed by atoms with Crippen molar-refractivity contribution in [3.8, 4) is 0 Å². The standard InChI is InChI=1S/C20H24Cl3N3S/c1-25(2)27-24-12-14-3-10-20(18-9-6-16(22)11-19(18)23)26(13-14)17-7-4-15(21)5-8-17/h4-9,11,14,20,24H,3,10,12-13H2,1-2H3/t14-,20-/m0/s1. The van der Waals surface area contributed by atoms with Crippen LogP contribution in [0.1, 0.15) is 24.4 Å². The smallest absolute Gasteiger partial charge is 0.0557 e. The number of benzene rings is 2. The molecule has 2 aromatic rings. The highest BCUT2D eigenvalue weighted by molar-refractivity contribution is 7.95. The minimum Gasteiger partial charge on any atom is -0.364 e. The van der Waals surface area contributed by atoms with Gasteiger partial charge in [-0.3, -0.25) is 4.72 Å². The van der Waals surface area contributed by atoms with Gasteiger partial charge in [0, 0.05) is 46.0 Å². The second kappa shape index (κ2) is 9.73. The van der Waals surface area contributed by atoms with Gasteiger partial charge in [0.25, 0.3) is 0 Å². The van der Waals surface area contributed by atoms with E-state index in [1.165, 1.54) is 5.69 Å². The molecular formula is C20H24Cl3N3S. The summed E-state index contributed by atoms with van der Waals surface area (Å²) in [5.74, 6) is 0.565. The van der Waals surface area contributed by atoms with Gasteiger partial charge in [0.05, 0.1) is 6.04 Å². The third-order valence-corrected chi connectivity index (χ3v) is 6.25. The maximum absolute atomic E-state index is 6.54. The van der Waals surface area contributed by atoms with Crippen LogP contribution in [0.2, 0.25) is 15.1 Å². The zero-order chi connectivity index (χ0) is 19.4. The third kappa shape index (κ3) is 5.69. The molecule has 0 radical (unpaired) electrons. The van der Waals surface area contributed by atoms with Crippen LogP contribution < -0.4 is 9.62 Å². The fourth-order valence-electron chi connectivity index (χ4n) is 3.51. The molecule has 1 heterocycles. The lowest BCUT2D eigenvalue weighted by molar-refractivity contribution is 0.360. The molecule has 146 valence electrons. The van der Waals surface area contributed by atoms with E-state index in [0.29, 0.717) is 10.9 Å². The summed E-state index contributed by atoms with van der Waals surface area (Å²) in [4.78, 5) is 2.45. The van der Waals surface area contributed by atoms with Gasteiger partial charge in [0.15, 0.2) is 0 Å². The predicted octanol–water partition coefficient (Wildman–Crippen LogP) is 6.32. The number of anilines is 1. The highest BCUT2D eigenvalue weighted by Gasteiger charge is 2.30. The van der Waals surface area contributed by atoms with E-state index in [-0.39, 0.29) is 6.04 Å². The second-order valence-corrected chi connectivity index (χ2v) is 9.49. The third-order valence-electron chi connectivity index (χ3n) is 4.78. The van der Waals surface area contributed by atoms with Crippen LogP contribution in [-0.2, 0) is 0 Å². The number of hydrogen-bond donors (Lipinski definition) is 1. The SMILES string of the molecule is CN(C)SNC[C@@H]1CC[C@@H](c2ccc(Cl)cc2Cl)N(c2ccc(Cl)cc2)C1. The summed E-state index contributed by atoms with van der Waals surface area (Å²) in [5.41, 5.74) is 2.30. The molecule has 2 atom stereocenters. The highest BCUT2D eigenvalue weighted by atomic mass is 35.5. The quantitative estimate of drug-likeness (QED) is 0.525. The zero-order valence-electron chi connectivity index (χ0n) is 15.5. The minimum atomic E-state index is 0.230. The van der Waals surface area contributed by atoms with Crippen LogP contribution in [0.4, 0.5) is 5.69 Å². The van der Waals surface area contributed by atoms with Crippen molar-refractivity contribution < 1.29 is 0 Å². The lowest BCUT2D eigenvalue weighted by Crippen LogP contribution is -2.41. The summed E-state index contributed by atoms with van der Waals surface area (Å²) in [5, 5.41) is 2.14. The molecule has 0 aromatic heterocycles. The average Bonchev–Trinajstić information content (AvgIpc) is 2.62. The van der Waals surface area contributed by atoms with Gasteiger partial charge in [0.1, 0.15) is 0 Å². The molecule has 1 fully saturated rings. The van der Waals surface area contributed by atoms with E-state index in [9.17, 15) is 0 Å². The van der Waals surface area contributed by atoms with E-state index in [1.807, 2.05) is 38.4 Å². The van der Waals surface area contributed by atoms with Crippen LogP contribution in [0.5, 0.6) is 0 Å². The van der Waals surface area contributed by atoms with Gasteiger partial charge in [-0.15, -0.1) is 0 Å². The first-order chi connectivity index (χ1) is 12.9. The fourth-order valence-corrected chi connectivity index (χ4v) is 4.74. The van der Waals surface area contributed by atoms with Gasteiger partial charge < -0.3 is 4.90 Å². The maximum Gasteiger partial charge on any atom is 0.0557 e. The number of halogens is 3. The molecule has 0 saturated carbocycles. The summed E-state index contributed by atoms with van der Waals surface area (Å²) in [6.07, 6.45) is 2.19. The Hall–Kier alpha value is -0.620. The summed E-state index contributed by atoms with van der Waals surface area (Å²) in [6, 6.07) is 14.1. The molecule has 1 saturated heterocycles. The molecule has 1 aliphatic heterocycles. The number of nitrogens with zero attached hydrogens (tertiary/aromatic N) is 2. The molecule has 0 spiro atoms. The Morgan fingerprint density at radius 3 is 2.41 bits per heavy atom. The largest absolute Gasteiger partial charge is 0.364 e. The molecule has 3 nitrogen and oxygen atoms in total. The first-order valence-corrected chi connectivity index (χ1v) is 10.9. The first kappa shape index (κ1) is 21.1. The number of nitrogens with one attached hydrogen (secondary N) is 1. The van der Waals surface area contributed by atoms with Crippen molar-refractivity contribution in [3.05, 3.63) is 63.1 Å².